The van der Waals surface area contributed by atoms with E-state index in [1.165, 1.54) is 12.1 Å². The summed E-state index contributed by atoms with van der Waals surface area (Å²) in [6.07, 6.45) is 0.472. The van der Waals surface area contributed by atoms with Crippen molar-refractivity contribution in [1.29, 1.82) is 0 Å². The maximum Gasteiger partial charge on any atom is 0.126 e. The molecule has 1 heterocycles. The van der Waals surface area contributed by atoms with Gasteiger partial charge in [-0.25, -0.2) is 8.78 Å². The molecule has 1 aromatic carbocycles. The van der Waals surface area contributed by atoms with Gasteiger partial charge in [0.2, 0.25) is 0 Å². The summed E-state index contributed by atoms with van der Waals surface area (Å²) in [4.78, 5) is 2.02. The maximum absolute atomic E-state index is 13.2. The monoisotopic (exact) mass is 257 g/mol. The molecule has 2 rings (SSSR count). The van der Waals surface area contributed by atoms with Crippen molar-refractivity contribution in [3.8, 4) is 0 Å². The van der Waals surface area contributed by atoms with Gasteiger partial charge in [-0.3, -0.25) is 4.90 Å². The van der Waals surface area contributed by atoms with E-state index in [-0.39, 0.29) is 0 Å². The molecule has 1 aliphatic rings. The first-order valence-electron chi connectivity index (χ1n) is 5.94. The Labute approximate surface area is 105 Å². The Kier molecular flexibility index (Phi) is 3.94. The van der Waals surface area contributed by atoms with Gasteiger partial charge in [0.25, 0.3) is 0 Å². The van der Waals surface area contributed by atoms with Gasteiger partial charge in [-0.2, -0.15) is 0 Å². The SMILES string of the molecule is COCCN1CCC(O)(c2cc(F)cc(F)c2)C1. The molecule has 1 N–H and O–H groups in total. The number of methoxy groups -OCH3 is 1. The van der Waals surface area contributed by atoms with Crippen LogP contribution in [0.3, 0.4) is 0 Å². The van der Waals surface area contributed by atoms with E-state index in [1.54, 1.807) is 7.11 Å². The van der Waals surface area contributed by atoms with Crippen molar-refractivity contribution in [3.63, 3.8) is 0 Å². The molecule has 1 unspecified atom stereocenters. The lowest BCUT2D eigenvalue weighted by atomic mass is 9.93. The summed E-state index contributed by atoms with van der Waals surface area (Å²) in [6.45, 7) is 2.35. The van der Waals surface area contributed by atoms with Gasteiger partial charge >= 0.3 is 0 Å². The van der Waals surface area contributed by atoms with Gasteiger partial charge in [-0.1, -0.05) is 0 Å². The van der Waals surface area contributed by atoms with Crippen LogP contribution in [0.4, 0.5) is 8.78 Å². The van der Waals surface area contributed by atoms with Gasteiger partial charge < -0.3 is 9.84 Å². The Morgan fingerprint density at radius 2 is 2.00 bits per heavy atom. The van der Waals surface area contributed by atoms with Crippen molar-refractivity contribution in [2.75, 3.05) is 33.4 Å². The van der Waals surface area contributed by atoms with Crippen LogP contribution < -0.4 is 0 Å². The second-order valence-corrected chi connectivity index (χ2v) is 4.71. The summed E-state index contributed by atoms with van der Waals surface area (Å²) >= 11 is 0. The predicted octanol–water partition coefficient (Wildman–Crippen LogP) is 1.50. The minimum absolute atomic E-state index is 0.305. The second kappa shape index (κ2) is 5.30. The van der Waals surface area contributed by atoms with Crippen LogP contribution in [0.2, 0.25) is 0 Å². The highest BCUT2D eigenvalue weighted by Gasteiger charge is 2.37. The zero-order valence-electron chi connectivity index (χ0n) is 10.3. The summed E-state index contributed by atoms with van der Waals surface area (Å²) in [5.41, 5.74) is -0.864. The molecule has 1 atom stereocenters. The smallest absolute Gasteiger partial charge is 0.126 e. The lowest BCUT2D eigenvalue weighted by Gasteiger charge is -2.24. The number of hydrogen-bond donors (Lipinski definition) is 1. The van der Waals surface area contributed by atoms with Crippen LogP contribution in [0.5, 0.6) is 0 Å². The Morgan fingerprint density at radius 3 is 2.61 bits per heavy atom. The fourth-order valence-electron chi connectivity index (χ4n) is 2.34. The quantitative estimate of drug-likeness (QED) is 0.887. The molecular weight excluding hydrogens is 240 g/mol. The number of β-amino-alcohol motifs (C(OH)–C–C–N with tert-alkyl or cyclic N) is 1. The molecule has 0 bridgehead atoms. The van der Waals surface area contributed by atoms with Crippen LogP contribution in [0.1, 0.15) is 12.0 Å². The summed E-state index contributed by atoms with van der Waals surface area (Å²) in [5, 5.41) is 10.5. The largest absolute Gasteiger partial charge is 0.384 e. The van der Waals surface area contributed by atoms with Crippen molar-refractivity contribution in [2.45, 2.75) is 12.0 Å². The molecule has 0 saturated carbocycles. The number of ether oxygens (including phenoxy) is 1. The summed E-state index contributed by atoms with van der Waals surface area (Å²) in [6, 6.07) is 3.20. The van der Waals surface area contributed by atoms with Crippen molar-refractivity contribution < 1.29 is 18.6 Å². The molecular formula is C13H17F2NO2. The van der Waals surface area contributed by atoms with E-state index in [1.807, 2.05) is 4.90 Å². The molecule has 0 radical (unpaired) electrons. The van der Waals surface area contributed by atoms with E-state index in [4.69, 9.17) is 4.74 Å². The highest BCUT2D eigenvalue weighted by molar-refractivity contribution is 5.26. The first-order valence-corrected chi connectivity index (χ1v) is 5.94. The molecule has 1 aliphatic heterocycles. The second-order valence-electron chi connectivity index (χ2n) is 4.71. The summed E-state index contributed by atoms with van der Waals surface area (Å²) < 4.78 is 31.3. The minimum atomic E-state index is -1.17. The lowest BCUT2D eigenvalue weighted by molar-refractivity contribution is 0.0422. The van der Waals surface area contributed by atoms with Crippen LogP contribution in [0.25, 0.3) is 0 Å². The highest BCUT2D eigenvalue weighted by Crippen LogP contribution is 2.32. The number of rotatable bonds is 4. The molecule has 100 valence electrons. The molecule has 1 saturated heterocycles. The van der Waals surface area contributed by atoms with E-state index in [9.17, 15) is 13.9 Å². The maximum atomic E-state index is 13.2. The van der Waals surface area contributed by atoms with Crippen molar-refractivity contribution in [3.05, 3.63) is 35.4 Å². The minimum Gasteiger partial charge on any atom is -0.384 e. The zero-order valence-corrected chi connectivity index (χ0v) is 10.3. The molecule has 0 aromatic heterocycles. The van der Waals surface area contributed by atoms with Gasteiger partial charge in [-0.15, -0.1) is 0 Å². The van der Waals surface area contributed by atoms with E-state index in [0.29, 0.717) is 38.2 Å². The van der Waals surface area contributed by atoms with Crippen LogP contribution in [-0.4, -0.2) is 43.4 Å². The van der Waals surface area contributed by atoms with Gasteiger partial charge in [0.15, 0.2) is 0 Å². The van der Waals surface area contributed by atoms with Gasteiger partial charge in [0.1, 0.15) is 17.2 Å². The molecule has 1 aromatic rings. The number of nitrogens with zero attached hydrogens (tertiary/aromatic N) is 1. The number of benzene rings is 1. The number of aliphatic hydroxyl groups is 1. The summed E-state index contributed by atoms with van der Waals surface area (Å²) in [5.74, 6) is -1.32. The van der Waals surface area contributed by atoms with Crippen molar-refractivity contribution in [2.24, 2.45) is 0 Å². The van der Waals surface area contributed by atoms with Crippen LogP contribution in [0.15, 0.2) is 18.2 Å². The van der Waals surface area contributed by atoms with E-state index in [2.05, 4.69) is 0 Å². The third-order valence-electron chi connectivity index (χ3n) is 3.34. The topological polar surface area (TPSA) is 32.7 Å². The Morgan fingerprint density at radius 1 is 1.33 bits per heavy atom. The van der Waals surface area contributed by atoms with Crippen molar-refractivity contribution >= 4 is 0 Å². The van der Waals surface area contributed by atoms with Crippen molar-refractivity contribution in [1.82, 2.24) is 4.90 Å². The normalized spacial score (nSPS) is 24.7. The van der Waals surface area contributed by atoms with Crippen LogP contribution >= 0.6 is 0 Å². The first kappa shape index (κ1) is 13.4. The number of hydrogen-bond acceptors (Lipinski definition) is 3. The Balaban J connectivity index is 2.12. The molecule has 18 heavy (non-hydrogen) atoms. The lowest BCUT2D eigenvalue weighted by Crippen LogP contribution is -2.32. The van der Waals surface area contributed by atoms with Gasteiger partial charge in [0, 0.05) is 32.8 Å². The molecule has 0 aliphatic carbocycles. The number of likely N-dealkylation sites (tertiary alicyclic amines) is 1. The van der Waals surface area contributed by atoms with E-state index < -0.39 is 17.2 Å². The third-order valence-corrected chi connectivity index (χ3v) is 3.34. The fraction of sp³-hybridized carbons (Fsp3) is 0.538. The first-order chi connectivity index (χ1) is 8.53. The van der Waals surface area contributed by atoms with E-state index in [0.717, 1.165) is 6.07 Å². The van der Waals surface area contributed by atoms with Gasteiger partial charge in [-0.05, 0) is 24.1 Å². The van der Waals surface area contributed by atoms with Gasteiger partial charge in [0.05, 0.1) is 6.61 Å². The molecule has 0 spiro atoms. The van der Waals surface area contributed by atoms with Crippen LogP contribution in [0, 0.1) is 11.6 Å². The average molecular weight is 257 g/mol. The fourth-order valence-corrected chi connectivity index (χ4v) is 2.34. The Hall–Kier alpha value is -1.04. The molecule has 5 heteroatoms. The molecule has 0 amide bonds. The van der Waals surface area contributed by atoms with Crippen LogP contribution in [-0.2, 0) is 10.3 Å². The zero-order chi connectivity index (χ0) is 13.2. The average Bonchev–Trinajstić information content (AvgIpc) is 2.69. The highest BCUT2D eigenvalue weighted by atomic mass is 19.1. The molecule has 3 nitrogen and oxygen atoms in total. The predicted molar refractivity (Wildman–Crippen MR) is 63.2 cm³/mol. The number of halogens is 2. The third kappa shape index (κ3) is 2.85. The standard InChI is InChI=1S/C13H17F2NO2/c1-18-5-4-16-3-2-13(17,9-16)10-6-11(14)8-12(15)7-10/h6-8,17H,2-5,9H2,1H3. The van der Waals surface area contributed by atoms with E-state index >= 15 is 0 Å². The molecule has 1 fully saturated rings. The Bertz CT molecular complexity index is 407. The summed E-state index contributed by atoms with van der Waals surface area (Å²) in [7, 11) is 1.62.